The Morgan fingerprint density at radius 1 is 0.860 bits per heavy atom. The molecule has 1 aliphatic heterocycles. The second kappa shape index (κ2) is 14.3. The number of amides is 1. The Bertz CT molecular complexity index is 2070. The number of hydrogen-bond donors (Lipinski definition) is 3. The predicted octanol–water partition coefficient (Wildman–Crippen LogP) is 6.42. The normalized spacial score (nSPS) is 17.6. The van der Waals surface area contributed by atoms with Gasteiger partial charge in [-0.3, -0.25) is 14.4 Å². The Labute approximate surface area is 294 Å². The van der Waals surface area contributed by atoms with Crippen LogP contribution in [-0.4, -0.2) is 58.6 Å². The molecular formula is C38H38N2O8S2. The molecule has 10 nitrogen and oxygen atoms in total. The lowest BCUT2D eigenvalue weighted by molar-refractivity contribution is -0.146. The van der Waals surface area contributed by atoms with E-state index in [0.717, 1.165) is 64.4 Å². The topological polar surface area (TPSA) is 158 Å². The van der Waals surface area contributed by atoms with E-state index in [-0.39, 0.29) is 47.1 Å². The van der Waals surface area contributed by atoms with Crippen molar-refractivity contribution in [3.05, 3.63) is 116 Å². The van der Waals surface area contributed by atoms with Crippen LogP contribution in [0.15, 0.2) is 77.7 Å². The van der Waals surface area contributed by atoms with Crippen LogP contribution in [0.5, 0.6) is 0 Å². The minimum atomic E-state index is -4.18. The number of fused-ring (bicyclic) bond motifs is 1. The molecule has 12 heteroatoms. The van der Waals surface area contributed by atoms with Crippen LogP contribution in [-0.2, 0) is 46.9 Å². The first kappa shape index (κ1) is 35.2. The summed E-state index contributed by atoms with van der Waals surface area (Å²) in [6.45, 7) is 1.48. The highest BCUT2D eigenvalue weighted by atomic mass is 32.2. The molecule has 1 fully saturated rings. The highest BCUT2D eigenvalue weighted by molar-refractivity contribution is 7.89. The zero-order valence-corrected chi connectivity index (χ0v) is 29.2. The molecule has 50 heavy (non-hydrogen) atoms. The van der Waals surface area contributed by atoms with E-state index in [4.69, 9.17) is 5.11 Å². The summed E-state index contributed by atoms with van der Waals surface area (Å²) in [4.78, 5) is 52.2. The number of aliphatic carboxylic acids is 1. The van der Waals surface area contributed by atoms with E-state index in [2.05, 4.69) is 5.32 Å². The first-order chi connectivity index (χ1) is 23.9. The number of aryl methyl sites for hydroxylation is 3. The maximum absolute atomic E-state index is 13.8. The molecular weight excluding hydrogens is 677 g/mol. The van der Waals surface area contributed by atoms with Gasteiger partial charge in [-0.25, -0.2) is 13.2 Å². The lowest BCUT2D eigenvalue weighted by Crippen LogP contribution is -2.50. The molecule has 3 aromatic carbocycles. The quantitative estimate of drug-likeness (QED) is 0.142. The van der Waals surface area contributed by atoms with E-state index in [1.807, 2.05) is 36.4 Å². The highest BCUT2D eigenvalue weighted by Crippen LogP contribution is 2.37. The third kappa shape index (κ3) is 7.14. The van der Waals surface area contributed by atoms with Crippen molar-refractivity contribution in [1.29, 1.82) is 0 Å². The van der Waals surface area contributed by atoms with Crippen molar-refractivity contribution in [2.24, 2.45) is 0 Å². The SMILES string of the molecule is CC1(C(=O)O)CCCN1S(=O)(=O)c1cccc(C(=O)Cc2sc3c(c2C(=O)Nc2ccc(CCc4ccc(C(=O)O)cc4)cc2)CCCC3)c1. The minimum absolute atomic E-state index is 0.0765. The lowest BCUT2D eigenvalue weighted by Gasteiger charge is -2.30. The number of carboxylic acid groups (broad SMARTS) is 2. The number of ketones is 1. The van der Waals surface area contributed by atoms with Gasteiger partial charge in [0.25, 0.3) is 5.91 Å². The van der Waals surface area contributed by atoms with Crippen molar-refractivity contribution in [3.8, 4) is 0 Å². The van der Waals surface area contributed by atoms with Gasteiger partial charge in [-0.1, -0.05) is 36.4 Å². The largest absolute Gasteiger partial charge is 0.480 e. The average molecular weight is 715 g/mol. The summed E-state index contributed by atoms with van der Waals surface area (Å²) in [6, 6.07) is 20.1. The van der Waals surface area contributed by atoms with E-state index in [0.29, 0.717) is 22.5 Å². The van der Waals surface area contributed by atoms with E-state index >= 15 is 0 Å². The monoisotopic (exact) mass is 714 g/mol. The van der Waals surface area contributed by atoms with Gasteiger partial charge in [0.05, 0.1) is 16.0 Å². The Hall–Kier alpha value is -4.65. The number of benzene rings is 3. The Kier molecular flexibility index (Phi) is 10.1. The number of thiophene rings is 1. The summed E-state index contributed by atoms with van der Waals surface area (Å²) >= 11 is 1.46. The van der Waals surface area contributed by atoms with Gasteiger partial charge in [0.15, 0.2) is 5.78 Å². The van der Waals surface area contributed by atoms with E-state index < -0.39 is 27.5 Å². The van der Waals surface area contributed by atoms with E-state index in [9.17, 15) is 32.7 Å². The summed E-state index contributed by atoms with van der Waals surface area (Å²) in [5.74, 6) is -2.80. The van der Waals surface area contributed by atoms with Gasteiger partial charge in [0, 0.05) is 34.0 Å². The third-order valence-corrected chi connectivity index (χ3v) is 13.0. The van der Waals surface area contributed by atoms with Crippen molar-refractivity contribution >= 4 is 50.7 Å². The van der Waals surface area contributed by atoms with Gasteiger partial charge in [0.1, 0.15) is 5.54 Å². The molecule has 1 unspecified atom stereocenters. The fraction of sp³-hybridized carbons (Fsp3) is 0.316. The molecule has 260 valence electrons. The molecule has 1 aromatic heterocycles. The second-order valence-electron chi connectivity index (χ2n) is 13.0. The number of aromatic carboxylic acids is 1. The van der Waals surface area contributed by atoms with Crippen LogP contribution in [0, 0.1) is 0 Å². The minimum Gasteiger partial charge on any atom is -0.480 e. The number of carbonyl (C=O) groups is 4. The van der Waals surface area contributed by atoms with Gasteiger partial charge in [-0.05, 0) is 111 Å². The van der Waals surface area contributed by atoms with Gasteiger partial charge < -0.3 is 15.5 Å². The number of carboxylic acids is 2. The van der Waals surface area contributed by atoms with E-state index in [1.54, 1.807) is 18.2 Å². The average Bonchev–Trinajstić information content (AvgIpc) is 3.69. The van der Waals surface area contributed by atoms with Crippen molar-refractivity contribution in [3.63, 3.8) is 0 Å². The third-order valence-electron chi connectivity index (χ3n) is 9.69. The van der Waals surface area contributed by atoms with Crippen molar-refractivity contribution in [2.45, 2.75) is 75.1 Å². The Morgan fingerprint density at radius 2 is 1.52 bits per heavy atom. The molecule has 3 N–H and O–H groups in total. The predicted molar refractivity (Wildman–Crippen MR) is 190 cm³/mol. The van der Waals surface area contributed by atoms with Crippen LogP contribution >= 0.6 is 11.3 Å². The van der Waals surface area contributed by atoms with Gasteiger partial charge in [0.2, 0.25) is 10.0 Å². The summed E-state index contributed by atoms with van der Waals surface area (Å²) in [7, 11) is -4.18. The fourth-order valence-electron chi connectivity index (χ4n) is 6.80. The zero-order valence-electron chi connectivity index (χ0n) is 27.6. The van der Waals surface area contributed by atoms with Crippen LogP contribution in [0.1, 0.15) is 90.1 Å². The standard InChI is InChI=1S/C38H38N2O8S2/c1-38(37(45)46)20-5-21-40(38)50(47,48)29-7-4-6-27(22-29)31(41)23-33-34(30-8-2-3-9-32(30)49-33)35(42)39-28-18-14-25(15-19-28)11-10-24-12-16-26(17-13-24)36(43)44/h4,6-7,12-19,22H,2-3,5,8-11,20-21,23H2,1H3,(H,39,42)(H,43,44)(H,45,46). The molecule has 2 heterocycles. The molecule has 4 aromatic rings. The van der Waals surface area contributed by atoms with Gasteiger partial charge >= 0.3 is 11.9 Å². The number of sulfonamides is 1. The molecule has 0 bridgehead atoms. The summed E-state index contributed by atoms with van der Waals surface area (Å²) in [5, 5.41) is 21.9. The maximum atomic E-state index is 13.8. The highest BCUT2D eigenvalue weighted by Gasteiger charge is 2.49. The fourth-order valence-corrected chi connectivity index (χ4v) is 10.0. The first-order valence-corrected chi connectivity index (χ1v) is 18.9. The Morgan fingerprint density at radius 3 is 2.18 bits per heavy atom. The van der Waals surface area contributed by atoms with Crippen LogP contribution in [0.2, 0.25) is 0 Å². The molecule has 1 aliphatic carbocycles. The van der Waals surface area contributed by atoms with Crippen LogP contribution in [0.25, 0.3) is 0 Å². The number of nitrogens with one attached hydrogen (secondary N) is 1. The molecule has 1 amide bonds. The number of carbonyl (C=O) groups excluding carboxylic acids is 2. The second-order valence-corrected chi connectivity index (χ2v) is 16.1. The first-order valence-electron chi connectivity index (χ1n) is 16.6. The maximum Gasteiger partial charge on any atom is 0.335 e. The van der Waals surface area contributed by atoms with Crippen LogP contribution in [0.3, 0.4) is 0 Å². The number of Topliss-reactive ketones (excluding diaryl/α,β-unsaturated/α-hetero) is 1. The van der Waals surface area contributed by atoms with Gasteiger partial charge in [-0.15, -0.1) is 11.3 Å². The number of nitrogens with zero attached hydrogens (tertiary/aromatic N) is 1. The molecule has 1 atom stereocenters. The van der Waals surface area contributed by atoms with Crippen molar-refractivity contribution in [1.82, 2.24) is 4.31 Å². The molecule has 0 saturated carbocycles. The molecule has 0 spiro atoms. The number of anilines is 1. The molecule has 0 radical (unpaired) electrons. The summed E-state index contributed by atoms with van der Waals surface area (Å²) in [6.07, 6.45) is 5.52. The Balaban J connectivity index is 1.17. The summed E-state index contributed by atoms with van der Waals surface area (Å²) in [5.41, 5.74) is 3.03. The summed E-state index contributed by atoms with van der Waals surface area (Å²) < 4.78 is 28.2. The van der Waals surface area contributed by atoms with Crippen molar-refractivity contribution in [2.75, 3.05) is 11.9 Å². The van der Waals surface area contributed by atoms with Crippen LogP contribution in [0.4, 0.5) is 5.69 Å². The number of hydrogen-bond acceptors (Lipinski definition) is 7. The molecule has 1 saturated heterocycles. The van der Waals surface area contributed by atoms with Crippen molar-refractivity contribution < 1.29 is 37.8 Å². The molecule has 6 rings (SSSR count). The number of rotatable bonds is 12. The van der Waals surface area contributed by atoms with Gasteiger partial charge in [-0.2, -0.15) is 4.31 Å². The van der Waals surface area contributed by atoms with Crippen LogP contribution < -0.4 is 5.32 Å². The zero-order chi connectivity index (χ0) is 35.6. The smallest absolute Gasteiger partial charge is 0.335 e. The molecule has 2 aliphatic rings. The van der Waals surface area contributed by atoms with E-state index in [1.165, 1.54) is 36.5 Å². The lowest BCUT2D eigenvalue weighted by atomic mass is 9.93.